The zero-order valence-electron chi connectivity index (χ0n) is 13.9. The fraction of sp³-hybridized carbons (Fsp3) is 0.0588. The van der Waals surface area contributed by atoms with Crippen molar-refractivity contribution in [2.45, 2.75) is 6.92 Å². The lowest BCUT2D eigenvalue weighted by atomic mass is 10.2. The molecule has 0 aliphatic rings. The average molecular weight is 374 g/mol. The summed E-state index contributed by atoms with van der Waals surface area (Å²) in [4.78, 5) is 15.2. The molecular weight excluding hydrogens is 361 g/mol. The molecule has 3 rings (SSSR count). The van der Waals surface area contributed by atoms with Gasteiger partial charge in [0.25, 0.3) is 0 Å². The molecule has 0 atom stereocenters. The van der Waals surface area contributed by atoms with E-state index in [0.717, 1.165) is 12.1 Å². The SMILES string of the molecule is CC(=O)Nc1cccc(Nc2cnnc(Nc3ccc(F)c(F)c3F)n2)c1. The number of hydrogen-bond acceptors (Lipinski definition) is 6. The number of nitrogens with zero attached hydrogens (tertiary/aromatic N) is 3. The third kappa shape index (κ3) is 4.48. The standard InChI is InChI=1S/C17H13F3N6O/c1-9(27)22-10-3-2-4-11(7-10)23-14-8-21-26-17(25-14)24-13-6-5-12(18)15(19)16(13)20/h2-8H,1H3,(H,22,27)(H2,23,24,25,26). The number of benzene rings is 2. The molecule has 3 N–H and O–H groups in total. The van der Waals surface area contributed by atoms with Gasteiger partial charge in [-0.15, -0.1) is 5.10 Å². The molecule has 1 heterocycles. The molecule has 0 bridgehead atoms. The van der Waals surface area contributed by atoms with Gasteiger partial charge in [0.15, 0.2) is 23.3 Å². The molecule has 0 aliphatic carbocycles. The maximum absolute atomic E-state index is 13.7. The van der Waals surface area contributed by atoms with E-state index in [1.54, 1.807) is 24.3 Å². The molecule has 138 valence electrons. The van der Waals surface area contributed by atoms with Crippen molar-refractivity contribution in [3.63, 3.8) is 0 Å². The van der Waals surface area contributed by atoms with Crippen LogP contribution in [0.4, 0.5) is 42.0 Å². The molecule has 0 radical (unpaired) electrons. The smallest absolute Gasteiger partial charge is 0.249 e. The van der Waals surface area contributed by atoms with Gasteiger partial charge in [0, 0.05) is 18.3 Å². The second kappa shape index (κ2) is 7.68. The first-order chi connectivity index (χ1) is 12.9. The fourth-order valence-corrected chi connectivity index (χ4v) is 2.19. The minimum atomic E-state index is -1.60. The number of halogens is 3. The van der Waals surface area contributed by atoms with Crippen molar-refractivity contribution >= 4 is 34.7 Å². The monoisotopic (exact) mass is 374 g/mol. The van der Waals surface area contributed by atoms with Gasteiger partial charge in [0.05, 0.1) is 11.9 Å². The topological polar surface area (TPSA) is 91.8 Å². The van der Waals surface area contributed by atoms with Gasteiger partial charge in [0.1, 0.15) is 0 Å². The lowest BCUT2D eigenvalue weighted by Gasteiger charge is -2.10. The molecule has 0 spiro atoms. The molecule has 0 saturated heterocycles. The number of anilines is 5. The van der Waals surface area contributed by atoms with Gasteiger partial charge in [-0.3, -0.25) is 4.79 Å². The number of aromatic nitrogens is 3. The van der Waals surface area contributed by atoms with Gasteiger partial charge < -0.3 is 16.0 Å². The third-order valence-corrected chi connectivity index (χ3v) is 3.30. The van der Waals surface area contributed by atoms with Crippen molar-refractivity contribution in [2.75, 3.05) is 16.0 Å². The summed E-state index contributed by atoms with van der Waals surface area (Å²) in [5, 5.41) is 15.4. The van der Waals surface area contributed by atoms with Crippen molar-refractivity contribution in [3.05, 3.63) is 60.0 Å². The number of carbonyl (C=O) groups excluding carboxylic acids is 1. The number of amides is 1. The number of nitrogens with one attached hydrogen (secondary N) is 3. The number of rotatable bonds is 5. The van der Waals surface area contributed by atoms with Crippen molar-refractivity contribution in [1.29, 1.82) is 0 Å². The first kappa shape index (κ1) is 18.1. The van der Waals surface area contributed by atoms with E-state index in [9.17, 15) is 18.0 Å². The molecule has 27 heavy (non-hydrogen) atoms. The highest BCUT2D eigenvalue weighted by molar-refractivity contribution is 5.89. The maximum Gasteiger partial charge on any atom is 0.249 e. The summed E-state index contributed by atoms with van der Waals surface area (Å²) in [6.45, 7) is 1.39. The molecule has 1 amide bonds. The summed E-state index contributed by atoms with van der Waals surface area (Å²) >= 11 is 0. The third-order valence-electron chi connectivity index (χ3n) is 3.30. The summed E-state index contributed by atoms with van der Waals surface area (Å²) in [7, 11) is 0. The Kier molecular flexibility index (Phi) is 5.15. The first-order valence-electron chi connectivity index (χ1n) is 7.67. The van der Waals surface area contributed by atoms with E-state index in [-0.39, 0.29) is 23.4 Å². The molecule has 0 aliphatic heterocycles. The Hall–Kier alpha value is -3.69. The molecule has 1 aromatic heterocycles. The highest BCUT2D eigenvalue weighted by atomic mass is 19.2. The van der Waals surface area contributed by atoms with Gasteiger partial charge in [-0.05, 0) is 30.3 Å². The summed E-state index contributed by atoms with van der Waals surface area (Å²) in [6.07, 6.45) is 1.32. The minimum absolute atomic E-state index is 0.122. The lowest BCUT2D eigenvalue weighted by molar-refractivity contribution is -0.114. The molecular formula is C17H13F3N6O. The maximum atomic E-state index is 13.7. The largest absolute Gasteiger partial charge is 0.339 e. The molecule has 0 unspecified atom stereocenters. The van der Waals surface area contributed by atoms with Gasteiger partial charge in [-0.2, -0.15) is 10.1 Å². The molecule has 3 aromatic rings. The molecule has 10 heteroatoms. The molecule has 0 saturated carbocycles. The summed E-state index contributed by atoms with van der Waals surface area (Å²) in [6, 6.07) is 8.64. The lowest BCUT2D eigenvalue weighted by Crippen LogP contribution is -2.06. The Labute approximate surface area is 151 Å². The Morgan fingerprint density at radius 3 is 2.56 bits per heavy atom. The minimum Gasteiger partial charge on any atom is -0.339 e. The van der Waals surface area contributed by atoms with Crippen LogP contribution in [0.1, 0.15) is 6.92 Å². The van der Waals surface area contributed by atoms with Gasteiger partial charge in [0.2, 0.25) is 11.9 Å². The highest BCUT2D eigenvalue weighted by Crippen LogP contribution is 2.23. The average Bonchev–Trinajstić information content (AvgIpc) is 2.62. The van der Waals surface area contributed by atoms with Crippen LogP contribution in [0.15, 0.2) is 42.6 Å². The zero-order chi connectivity index (χ0) is 19.4. The predicted octanol–water partition coefficient (Wildman–Crippen LogP) is 3.73. The van der Waals surface area contributed by atoms with Crippen LogP contribution in [0, 0.1) is 17.5 Å². The zero-order valence-corrected chi connectivity index (χ0v) is 13.9. The highest BCUT2D eigenvalue weighted by Gasteiger charge is 2.14. The van der Waals surface area contributed by atoms with E-state index in [1.807, 2.05) is 0 Å². The van der Waals surface area contributed by atoms with Crippen molar-refractivity contribution in [1.82, 2.24) is 15.2 Å². The second-order valence-corrected chi connectivity index (χ2v) is 5.40. The second-order valence-electron chi connectivity index (χ2n) is 5.40. The van der Waals surface area contributed by atoms with Crippen molar-refractivity contribution < 1.29 is 18.0 Å². The Bertz CT molecular complexity index is 998. The van der Waals surface area contributed by atoms with E-state index in [1.165, 1.54) is 13.1 Å². The summed E-state index contributed by atoms with van der Waals surface area (Å²) < 4.78 is 40.0. The van der Waals surface area contributed by atoms with Crippen LogP contribution < -0.4 is 16.0 Å². The van der Waals surface area contributed by atoms with E-state index >= 15 is 0 Å². The van der Waals surface area contributed by atoms with E-state index < -0.39 is 17.5 Å². The van der Waals surface area contributed by atoms with Crippen LogP contribution in [0.3, 0.4) is 0 Å². The quantitative estimate of drug-likeness (QED) is 0.590. The van der Waals surface area contributed by atoms with Crippen LogP contribution in [0.5, 0.6) is 0 Å². The van der Waals surface area contributed by atoms with Crippen LogP contribution >= 0.6 is 0 Å². The van der Waals surface area contributed by atoms with Gasteiger partial charge >= 0.3 is 0 Å². The van der Waals surface area contributed by atoms with E-state index in [0.29, 0.717) is 11.4 Å². The Morgan fingerprint density at radius 2 is 1.78 bits per heavy atom. The Balaban J connectivity index is 1.78. The van der Waals surface area contributed by atoms with E-state index in [4.69, 9.17) is 0 Å². The van der Waals surface area contributed by atoms with Gasteiger partial charge in [-0.1, -0.05) is 6.07 Å². The van der Waals surface area contributed by atoms with Crippen LogP contribution in [0.25, 0.3) is 0 Å². The normalized spacial score (nSPS) is 10.4. The fourth-order valence-electron chi connectivity index (χ4n) is 2.19. The van der Waals surface area contributed by atoms with Gasteiger partial charge in [-0.25, -0.2) is 13.2 Å². The molecule has 7 nitrogen and oxygen atoms in total. The number of hydrogen-bond donors (Lipinski definition) is 3. The molecule has 2 aromatic carbocycles. The van der Waals surface area contributed by atoms with Crippen LogP contribution in [0.2, 0.25) is 0 Å². The van der Waals surface area contributed by atoms with Crippen LogP contribution in [-0.2, 0) is 4.79 Å². The van der Waals surface area contributed by atoms with Crippen molar-refractivity contribution in [2.24, 2.45) is 0 Å². The van der Waals surface area contributed by atoms with Crippen LogP contribution in [-0.4, -0.2) is 21.1 Å². The number of carbonyl (C=O) groups is 1. The Morgan fingerprint density at radius 1 is 1.00 bits per heavy atom. The summed E-state index contributed by atoms with van der Waals surface area (Å²) in [5.41, 5.74) is 0.851. The van der Waals surface area contributed by atoms with E-state index in [2.05, 4.69) is 31.1 Å². The molecule has 0 fully saturated rings. The van der Waals surface area contributed by atoms with Crippen molar-refractivity contribution in [3.8, 4) is 0 Å². The summed E-state index contributed by atoms with van der Waals surface area (Å²) in [5.74, 6) is -4.36. The predicted molar refractivity (Wildman–Crippen MR) is 93.5 cm³/mol. The first-order valence-corrected chi connectivity index (χ1v) is 7.67.